The fourth-order valence-electron chi connectivity index (χ4n) is 2.92. The third kappa shape index (κ3) is 2.53. The van der Waals surface area contributed by atoms with Crippen molar-refractivity contribution < 1.29 is 4.74 Å². The Kier molecular flexibility index (Phi) is 3.33. The number of benzene rings is 2. The Morgan fingerprint density at radius 1 is 0.947 bits per heavy atom. The van der Waals surface area contributed by atoms with E-state index in [-0.39, 0.29) is 0 Å². The highest BCUT2D eigenvalue weighted by Gasteiger charge is 2.20. The van der Waals surface area contributed by atoms with Gasteiger partial charge in [-0.15, -0.1) is 0 Å². The van der Waals surface area contributed by atoms with Crippen molar-refractivity contribution >= 4 is 16.5 Å². The minimum Gasteiger partial charge on any atom is -0.490 e. The molecule has 0 atom stereocenters. The first-order valence-corrected chi connectivity index (χ1v) is 7.18. The summed E-state index contributed by atoms with van der Waals surface area (Å²) in [6, 6.07) is 12.2. The molecule has 1 saturated carbocycles. The van der Waals surface area contributed by atoms with Crippen molar-refractivity contribution in [3.8, 4) is 5.75 Å². The molecule has 1 aliphatic carbocycles. The van der Waals surface area contributed by atoms with E-state index in [9.17, 15) is 0 Å². The molecule has 2 aromatic rings. The Hall–Kier alpha value is -1.70. The van der Waals surface area contributed by atoms with E-state index in [1.54, 1.807) is 0 Å². The van der Waals surface area contributed by atoms with Crippen molar-refractivity contribution in [2.45, 2.75) is 38.7 Å². The molecule has 2 aromatic carbocycles. The van der Waals surface area contributed by atoms with Crippen molar-refractivity contribution in [2.75, 3.05) is 5.73 Å². The Morgan fingerprint density at radius 3 is 2.37 bits per heavy atom. The van der Waals surface area contributed by atoms with Crippen LogP contribution in [0.25, 0.3) is 10.8 Å². The molecule has 0 saturated heterocycles. The van der Waals surface area contributed by atoms with E-state index in [4.69, 9.17) is 10.5 Å². The van der Waals surface area contributed by atoms with Gasteiger partial charge in [-0.05, 0) is 43.7 Å². The van der Waals surface area contributed by atoms with Crippen LogP contribution < -0.4 is 10.5 Å². The Balaban J connectivity index is 1.87. The normalized spacial score (nSPS) is 23.4. The SMILES string of the molecule is CC1CCC(Oc2ccc(N)c3ccccc23)CC1. The molecule has 0 spiro atoms. The van der Waals surface area contributed by atoms with Crippen LogP contribution in [0.1, 0.15) is 32.6 Å². The number of rotatable bonds is 2. The zero-order valence-electron chi connectivity index (χ0n) is 11.4. The highest BCUT2D eigenvalue weighted by atomic mass is 16.5. The van der Waals surface area contributed by atoms with Gasteiger partial charge in [0.25, 0.3) is 0 Å². The van der Waals surface area contributed by atoms with Crippen LogP contribution in [0.3, 0.4) is 0 Å². The minimum absolute atomic E-state index is 0.364. The topological polar surface area (TPSA) is 35.2 Å². The summed E-state index contributed by atoms with van der Waals surface area (Å²) in [5.74, 6) is 1.83. The second kappa shape index (κ2) is 5.12. The lowest BCUT2D eigenvalue weighted by atomic mass is 9.89. The molecule has 2 nitrogen and oxygen atoms in total. The van der Waals surface area contributed by atoms with Crippen LogP contribution in [0.4, 0.5) is 5.69 Å². The smallest absolute Gasteiger partial charge is 0.127 e. The Bertz CT molecular complexity index is 570. The summed E-state index contributed by atoms with van der Waals surface area (Å²) in [6.07, 6.45) is 5.25. The van der Waals surface area contributed by atoms with Gasteiger partial charge in [0.15, 0.2) is 0 Å². The van der Waals surface area contributed by atoms with Gasteiger partial charge in [-0.25, -0.2) is 0 Å². The van der Waals surface area contributed by atoms with Gasteiger partial charge in [0.05, 0.1) is 6.10 Å². The van der Waals surface area contributed by atoms with Crippen LogP contribution in [-0.2, 0) is 0 Å². The maximum atomic E-state index is 6.22. The number of anilines is 1. The van der Waals surface area contributed by atoms with Gasteiger partial charge in [-0.1, -0.05) is 31.2 Å². The van der Waals surface area contributed by atoms with E-state index in [2.05, 4.69) is 19.1 Å². The fourth-order valence-corrected chi connectivity index (χ4v) is 2.92. The molecule has 0 heterocycles. The van der Waals surface area contributed by atoms with Crippen molar-refractivity contribution in [1.29, 1.82) is 0 Å². The molecule has 2 heteroatoms. The van der Waals surface area contributed by atoms with E-state index in [1.165, 1.54) is 25.7 Å². The quantitative estimate of drug-likeness (QED) is 0.808. The van der Waals surface area contributed by atoms with E-state index >= 15 is 0 Å². The molecular formula is C17H21NO. The van der Waals surface area contributed by atoms with Gasteiger partial charge < -0.3 is 10.5 Å². The highest BCUT2D eigenvalue weighted by molar-refractivity contribution is 5.96. The van der Waals surface area contributed by atoms with E-state index in [1.807, 2.05) is 24.3 Å². The largest absolute Gasteiger partial charge is 0.490 e. The van der Waals surface area contributed by atoms with Crippen LogP contribution in [0.15, 0.2) is 36.4 Å². The fraction of sp³-hybridized carbons (Fsp3) is 0.412. The monoisotopic (exact) mass is 255 g/mol. The molecule has 19 heavy (non-hydrogen) atoms. The summed E-state index contributed by atoms with van der Waals surface area (Å²) < 4.78 is 6.22. The van der Waals surface area contributed by atoms with Gasteiger partial charge in [0.1, 0.15) is 5.75 Å². The van der Waals surface area contributed by atoms with Crippen LogP contribution >= 0.6 is 0 Å². The summed E-state index contributed by atoms with van der Waals surface area (Å²) in [6.45, 7) is 2.33. The molecule has 0 amide bonds. The molecule has 1 aliphatic rings. The van der Waals surface area contributed by atoms with Crippen molar-refractivity contribution in [3.63, 3.8) is 0 Å². The molecule has 100 valence electrons. The van der Waals surface area contributed by atoms with Crippen LogP contribution in [0.2, 0.25) is 0 Å². The van der Waals surface area contributed by atoms with Crippen molar-refractivity contribution in [1.82, 2.24) is 0 Å². The lowest BCUT2D eigenvalue weighted by Crippen LogP contribution is -2.23. The lowest BCUT2D eigenvalue weighted by molar-refractivity contribution is 0.137. The summed E-state index contributed by atoms with van der Waals surface area (Å²) in [5.41, 5.74) is 6.84. The molecule has 1 fully saturated rings. The van der Waals surface area contributed by atoms with E-state index in [0.29, 0.717) is 6.10 Å². The average Bonchev–Trinajstić information content (AvgIpc) is 2.45. The average molecular weight is 255 g/mol. The van der Waals surface area contributed by atoms with Crippen LogP contribution in [-0.4, -0.2) is 6.10 Å². The van der Waals surface area contributed by atoms with Gasteiger partial charge in [0, 0.05) is 16.5 Å². The number of ether oxygens (including phenoxy) is 1. The second-order valence-electron chi connectivity index (χ2n) is 5.70. The third-order valence-corrected chi connectivity index (χ3v) is 4.17. The number of hydrogen-bond acceptors (Lipinski definition) is 2. The maximum absolute atomic E-state index is 6.22. The van der Waals surface area contributed by atoms with Gasteiger partial charge in [-0.3, -0.25) is 0 Å². The minimum atomic E-state index is 0.364. The Labute approximate surface area is 114 Å². The molecule has 0 aliphatic heterocycles. The zero-order valence-corrected chi connectivity index (χ0v) is 11.4. The van der Waals surface area contributed by atoms with Gasteiger partial charge in [-0.2, -0.15) is 0 Å². The van der Waals surface area contributed by atoms with E-state index < -0.39 is 0 Å². The van der Waals surface area contributed by atoms with Crippen LogP contribution in [0.5, 0.6) is 5.75 Å². The predicted octanol–water partition coefficient (Wildman–Crippen LogP) is 4.38. The summed E-state index contributed by atoms with van der Waals surface area (Å²) in [4.78, 5) is 0. The third-order valence-electron chi connectivity index (χ3n) is 4.17. The number of hydrogen-bond donors (Lipinski definition) is 1. The molecule has 0 aromatic heterocycles. The zero-order chi connectivity index (χ0) is 13.2. The molecular weight excluding hydrogens is 234 g/mol. The lowest BCUT2D eigenvalue weighted by Gasteiger charge is -2.27. The molecule has 0 radical (unpaired) electrons. The van der Waals surface area contributed by atoms with Gasteiger partial charge >= 0.3 is 0 Å². The standard InChI is InChI=1S/C17H21NO/c1-12-6-8-13(9-7-12)19-17-11-10-16(18)14-4-2-3-5-15(14)17/h2-5,10-13H,6-9,18H2,1H3. The number of nitrogen functional groups attached to an aromatic ring is 1. The van der Waals surface area contributed by atoms with Gasteiger partial charge in [0.2, 0.25) is 0 Å². The van der Waals surface area contributed by atoms with E-state index in [0.717, 1.165) is 28.1 Å². The molecule has 3 rings (SSSR count). The first-order valence-electron chi connectivity index (χ1n) is 7.18. The summed E-state index contributed by atoms with van der Waals surface area (Å²) in [5, 5.41) is 2.21. The predicted molar refractivity (Wildman–Crippen MR) is 80.4 cm³/mol. The highest BCUT2D eigenvalue weighted by Crippen LogP contribution is 2.33. The maximum Gasteiger partial charge on any atom is 0.127 e. The van der Waals surface area contributed by atoms with Crippen molar-refractivity contribution in [3.05, 3.63) is 36.4 Å². The second-order valence-corrected chi connectivity index (χ2v) is 5.70. The van der Waals surface area contributed by atoms with Crippen LogP contribution in [0, 0.1) is 5.92 Å². The first kappa shape index (κ1) is 12.3. The molecule has 2 N–H and O–H groups in total. The first-order chi connectivity index (χ1) is 9.24. The Morgan fingerprint density at radius 2 is 1.63 bits per heavy atom. The molecule has 0 bridgehead atoms. The summed E-state index contributed by atoms with van der Waals surface area (Å²) >= 11 is 0. The summed E-state index contributed by atoms with van der Waals surface area (Å²) in [7, 11) is 0. The number of nitrogens with two attached hydrogens (primary N) is 1. The number of fused-ring (bicyclic) bond motifs is 1. The molecule has 0 unspecified atom stereocenters. The van der Waals surface area contributed by atoms with Crippen molar-refractivity contribution in [2.24, 2.45) is 5.92 Å².